The van der Waals surface area contributed by atoms with Crippen molar-refractivity contribution in [2.75, 3.05) is 31.3 Å². The van der Waals surface area contributed by atoms with Crippen LogP contribution in [0.15, 0.2) is 61.3 Å². The minimum absolute atomic E-state index is 0.122. The van der Waals surface area contributed by atoms with Crippen molar-refractivity contribution in [3.8, 4) is 0 Å². The molecule has 0 aliphatic heterocycles. The molecule has 0 spiro atoms. The maximum atomic E-state index is 12.8. The van der Waals surface area contributed by atoms with Gasteiger partial charge in [0.15, 0.2) is 0 Å². The standard InChI is InChI=1S/C31H39N7O3/c1-6-18-32-28(39)24-19-33-30(37-27(24)36-26-9-7-8-25(35-26)31(2,3)41)34-23-16-14-21(15-17-23)20-10-12-22(13-11-20)29(40)38(4)5/h6-9,14-17,19-20,22,41H,1,10-13,18H2,2-5H3,(H,32,39)(H2,33,34,35,36,37). The first-order valence-corrected chi connectivity index (χ1v) is 13.9. The monoisotopic (exact) mass is 557 g/mol. The molecule has 0 bridgehead atoms. The summed E-state index contributed by atoms with van der Waals surface area (Å²) in [5, 5.41) is 19.5. The number of pyridine rings is 1. The van der Waals surface area contributed by atoms with E-state index in [1.165, 1.54) is 11.8 Å². The quantitative estimate of drug-likeness (QED) is 0.260. The summed E-state index contributed by atoms with van der Waals surface area (Å²) in [6, 6.07) is 13.4. The first-order valence-electron chi connectivity index (χ1n) is 13.9. The summed E-state index contributed by atoms with van der Waals surface area (Å²) in [7, 11) is 3.64. The maximum Gasteiger partial charge on any atom is 0.256 e. The number of hydrogen-bond acceptors (Lipinski definition) is 8. The summed E-state index contributed by atoms with van der Waals surface area (Å²) in [6.45, 7) is 7.25. The molecule has 0 radical (unpaired) electrons. The number of carbonyl (C=O) groups excluding carboxylic acids is 2. The largest absolute Gasteiger partial charge is 0.384 e. The molecule has 41 heavy (non-hydrogen) atoms. The molecule has 2 amide bonds. The number of anilines is 4. The zero-order valence-corrected chi connectivity index (χ0v) is 24.1. The van der Waals surface area contributed by atoms with Crippen LogP contribution in [0, 0.1) is 5.92 Å². The predicted octanol–water partition coefficient (Wildman–Crippen LogP) is 4.86. The van der Waals surface area contributed by atoms with Crippen molar-refractivity contribution >= 4 is 35.1 Å². The Labute approximate surface area is 241 Å². The van der Waals surface area contributed by atoms with E-state index in [9.17, 15) is 14.7 Å². The molecule has 4 N–H and O–H groups in total. The van der Waals surface area contributed by atoms with Crippen molar-refractivity contribution in [1.82, 2.24) is 25.2 Å². The van der Waals surface area contributed by atoms with Crippen molar-refractivity contribution < 1.29 is 14.7 Å². The van der Waals surface area contributed by atoms with Crippen molar-refractivity contribution in [2.45, 2.75) is 51.0 Å². The Balaban J connectivity index is 1.50. The molecule has 10 heteroatoms. The van der Waals surface area contributed by atoms with Crippen LogP contribution in [0.3, 0.4) is 0 Å². The van der Waals surface area contributed by atoms with E-state index in [0.29, 0.717) is 29.9 Å². The highest BCUT2D eigenvalue weighted by Gasteiger charge is 2.28. The number of nitrogens with one attached hydrogen (secondary N) is 3. The van der Waals surface area contributed by atoms with Gasteiger partial charge in [0.2, 0.25) is 11.9 Å². The van der Waals surface area contributed by atoms with Crippen LogP contribution < -0.4 is 16.0 Å². The van der Waals surface area contributed by atoms with Gasteiger partial charge in [-0.05, 0) is 75.3 Å². The smallest absolute Gasteiger partial charge is 0.256 e. The highest BCUT2D eigenvalue weighted by Crippen LogP contribution is 2.37. The van der Waals surface area contributed by atoms with E-state index < -0.39 is 5.60 Å². The zero-order valence-electron chi connectivity index (χ0n) is 24.1. The highest BCUT2D eigenvalue weighted by atomic mass is 16.3. The Morgan fingerprint density at radius 1 is 1.05 bits per heavy atom. The van der Waals surface area contributed by atoms with Crippen LogP contribution in [0.2, 0.25) is 0 Å². The predicted molar refractivity (Wildman–Crippen MR) is 160 cm³/mol. The van der Waals surface area contributed by atoms with E-state index in [2.05, 4.69) is 49.6 Å². The second-order valence-electron chi connectivity index (χ2n) is 11.1. The molecule has 2 heterocycles. The number of aromatic nitrogens is 3. The van der Waals surface area contributed by atoms with E-state index in [1.807, 2.05) is 26.2 Å². The fourth-order valence-corrected chi connectivity index (χ4v) is 4.94. The lowest BCUT2D eigenvalue weighted by molar-refractivity contribution is -0.134. The molecule has 0 unspecified atom stereocenters. The molecule has 1 aliphatic rings. The van der Waals surface area contributed by atoms with Gasteiger partial charge in [0.05, 0.1) is 5.69 Å². The Morgan fingerprint density at radius 2 is 1.76 bits per heavy atom. The van der Waals surface area contributed by atoms with Gasteiger partial charge in [-0.15, -0.1) is 6.58 Å². The van der Waals surface area contributed by atoms with Gasteiger partial charge in [-0.25, -0.2) is 9.97 Å². The molecule has 216 valence electrons. The molecule has 3 aromatic rings. The van der Waals surface area contributed by atoms with Gasteiger partial charge < -0.3 is 26.0 Å². The van der Waals surface area contributed by atoms with Crippen molar-refractivity contribution in [3.63, 3.8) is 0 Å². The summed E-state index contributed by atoms with van der Waals surface area (Å²) in [4.78, 5) is 40.2. The molecule has 0 atom stereocenters. The third kappa shape index (κ3) is 7.67. The molecule has 2 aromatic heterocycles. The van der Waals surface area contributed by atoms with E-state index >= 15 is 0 Å². The molecular weight excluding hydrogens is 518 g/mol. The van der Waals surface area contributed by atoms with Gasteiger partial charge in [-0.2, -0.15) is 4.98 Å². The van der Waals surface area contributed by atoms with Crippen LogP contribution in [0.4, 0.5) is 23.3 Å². The van der Waals surface area contributed by atoms with Crippen LogP contribution in [-0.2, 0) is 10.4 Å². The number of carbonyl (C=O) groups is 2. The Bertz CT molecular complexity index is 1380. The average Bonchev–Trinajstić information content (AvgIpc) is 2.96. The average molecular weight is 558 g/mol. The summed E-state index contributed by atoms with van der Waals surface area (Å²) in [5.74, 6) is 1.43. The molecule has 0 saturated heterocycles. The van der Waals surface area contributed by atoms with Gasteiger partial charge in [0.1, 0.15) is 22.8 Å². The Kier molecular flexibility index (Phi) is 9.34. The van der Waals surface area contributed by atoms with Crippen LogP contribution in [0.5, 0.6) is 0 Å². The highest BCUT2D eigenvalue weighted by molar-refractivity contribution is 5.99. The van der Waals surface area contributed by atoms with E-state index in [4.69, 9.17) is 0 Å². The fourth-order valence-electron chi connectivity index (χ4n) is 4.94. The lowest BCUT2D eigenvalue weighted by Gasteiger charge is -2.29. The maximum absolute atomic E-state index is 12.8. The number of rotatable bonds is 10. The Hall–Kier alpha value is -4.31. The number of nitrogens with zero attached hydrogens (tertiary/aromatic N) is 4. The lowest BCUT2D eigenvalue weighted by atomic mass is 9.78. The van der Waals surface area contributed by atoms with E-state index in [0.717, 1.165) is 31.4 Å². The van der Waals surface area contributed by atoms with E-state index in [1.54, 1.807) is 43.0 Å². The third-order valence-electron chi connectivity index (χ3n) is 7.22. The van der Waals surface area contributed by atoms with Crippen molar-refractivity contribution in [1.29, 1.82) is 0 Å². The van der Waals surface area contributed by atoms with Crippen LogP contribution in [0.1, 0.15) is 67.1 Å². The third-order valence-corrected chi connectivity index (χ3v) is 7.22. The number of amides is 2. The van der Waals surface area contributed by atoms with Gasteiger partial charge in [0, 0.05) is 38.4 Å². The van der Waals surface area contributed by atoms with E-state index in [-0.39, 0.29) is 29.1 Å². The van der Waals surface area contributed by atoms with Gasteiger partial charge in [-0.3, -0.25) is 9.59 Å². The summed E-state index contributed by atoms with van der Waals surface area (Å²) in [6.07, 6.45) is 6.85. The molecular formula is C31H39N7O3. The fraction of sp³-hybridized carbons (Fsp3) is 0.387. The Morgan fingerprint density at radius 3 is 2.39 bits per heavy atom. The summed E-state index contributed by atoms with van der Waals surface area (Å²) in [5.41, 5.74) is 1.65. The normalized spacial score (nSPS) is 16.9. The topological polar surface area (TPSA) is 132 Å². The van der Waals surface area contributed by atoms with Crippen LogP contribution >= 0.6 is 0 Å². The molecule has 1 aromatic carbocycles. The first-order chi connectivity index (χ1) is 19.5. The summed E-state index contributed by atoms with van der Waals surface area (Å²) < 4.78 is 0. The summed E-state index contributed by atoms with van der Waals surface area (Å²) >= 11 is 0. The lowest BCUT2D eigenvalue weighted by Crippen LogP contribution is -2.31. The second-order valence-corrected chi connectivity index (χ2v) is 11.1. The number of hydrogen-bond donors (Lipinski definition) is 4. The van der Waals surface area contributed by atoms with Crippen LogP contribution in [0.25, 0.3) is 0 Å². The molecule has 1 aliphatic carbocycles. The minimum atomic E-state index is -1.13. The molecule has 10 nitrogen and oxygen atoms in total. The number of benzene rings is 1. The van der Waals surface area contributed by atoms with Crippen molar-refractivity contribution in [3.05, 3.63) is 78.1 Å². The zero-order chi connectivity index (χ0) is 29.6. The number of aliphatic hydroxyl groups is 1. The van der Waals surface area contributed by atoms with Gasteiger partial charge in [-0.1, -0.05) is 24.3 Å². The second kappa shape index (κ2) is 12.9. The molecule has 4 rings (SSSR count). The van der Waals surface area contributed by atoms with Gasteiger partial charge in [0.25, 0.3) is 5.91 Å². The van der Waals surface area contributed by atoms with Crippen molar-refractivity contribution in [2.24, 2.45) is 5.92 Å². The SMILES string of the molecule is C=CCNC(=O)c1cnc(Nc2ccc(C3CCC(C(=O)N(C)C)CC3)cc2)nc1Nc1cccc(C(C)(C)O)n1. The minimum Gasteiger partial charge on any atom is -0.384 e. The molecule has 1 saturated carbocycles. The van der Waals surface area contributed by atoms with Gasteiger partial charge >= 0.3 is 0 Å². The first kappa shape index (κ1) is 29.7. The van der Waals surface area contributed by atoms with Crippen LogP contribution in [-0.4, -0.2) is 57.4 Å². The molecule has 1 fully saturated rings.